The van der Waals surface area contributed by atoms with Crippen LogP contribution >= 0.6 is 0 Å². The molecule has 168 valence electrons. The Labute approximate surface area is 185 Å². The summed E-state index contributed by atoms with van der Waals surface area (Å²) in [6.07, 6.45) is 12.0. The first kappa shape index (κ1) is 23.0. The van der Waals surface area contributed by atoms with E-state index in [1.54, 1.807) is 0 Å². The number of carboxylic acid groups (broad SMARTS) is 1. The van der Waals surface area contributed by atoms with Crippen LogP contribution in [0.25, 0.3) is 0 Å². The van der Waals surface area contributed by atoms with Gasteiger partial charge in [0.25, 0.3) is 0 Å². The van der Waals surface area contributed by atoms with Gasteiger partial charge >= 0.3 is 5.97 Å². The molecule has 1 saturated carbocycles. The molecular formula is C25H36N4O2. The van der Waals surface area contributed by atoms with Crippen molar-refractivity contribution in [2.24, 2.45) is 5.92 Å². The number of aliphatic carboxylic acids is 1. The van der Waals surface area contributed by atoms with Gasteiger partial charge in [0, 0.05) is 18.4 Å². The van der Waals surface area contributed by atoms with E-state index in [1.807, 2.05) is 19.3 Å². The molecule has 0 radical (unpaired) electrons. The zero-order valence-electron chi connectivity index (χ0n) is 19.0. The minimum absolute atomic E-state index is 0.0220. The lowest BCUT2D eigenvalue weighted by molar-refractivity contribution is -0.137. The van der Waals surface area contributed by atoms with Crippen molar-refractivity contribution in [3.05, 3.63) is 41.7 Å². The number of aryl methyl sites for hydroxylation is 1. The van der Waals surface area contributed by atoms with E-state index in [9.17, 15) is 9.90 Å². The third-order valence-electron chi connectivity index (χ3n) is 6.53. The minimum Gasteiger partial charge on any atom is -0.481 e. The van der Waals surface area contributed by atoms with Crippen LogP contribution in [0.2, 0.25) is 0 Å². The molecule has 6 nitrogen and oxygen atoms in total. The number of anilines is 3. The second-order valence-electron chi connectivity index (χ2n) is 8.73. The molecule has 0 aliphatic heterocycles. The largest absolute Gasteiger partial charge is 0.481 e. The first-order chi connectivity index (χ1) is 15.0. The molecule has 1 aliphatic rings. The summed E-state index contributed by atoms with van der Waals surface area (Å²) < 4.78 is 0. The van der Waals surface area contributed by atoms with Gasteiger partial charge in [-0.05, 0) is 67.7 Å². The second-order valence-corrected chi connectivity index (χ2v) is 8.73. The number of carbonyl (C=O) groups is 1. The predicted octanol–water partition coefficient (Wildman–Crippen LogP) is 6.13. The Hall–Kier alpha value is -2.63. The van der Waals surface area contributed by atoms with Crippen molar-refractivity contribution in [1.29, 1.82) is 0 Å². The number of carboxylic acids is 1. The highest BCUT2D eigenvalue weighted by Gasteiger charge is 2.22. The Kier molecular flexibility index (Phi) is 8.27. The van der Waals surface area contributed by atoms with E-state index in [4.69, 9.17) is 0 Å². The molecular weight excluding hydrogens is 388 g/mol. The van der Waals surface area contributed by atoms with Gasteiger partial charge in [0.1, 0.15) is 0 Å². The molecule has 3 N–H and O–H groups in total. The van der Waals surface area contributed by atoms with Crippen molar-refractivity contribution in [1.82, 2.24) is 9.97 Å². The van der Waals surface area contributed by atoms with Crippen LogP contribution in [0.15, 0.2) is 30.6 Å². The fourth-order valence-corrected chi connectivity index (χ4v) is 4.47. The maximum absolute atomic E-state index is 11.3. The molecule has 1 fully saturated rings. The summed E-state index contributed by atoms with van der Waals surface area (Å²) in [7, 11) is 0. The lowest BCUT2D eigenvalue weighted by atomic mass is 9.84. The van der Waals surface area contributed by atoms with E-state index >= 15 is 0 Å². The van der Waals surface area contributed by atoms with Gasteiger partial charge in [0.15, 0.2) is 0 Å². The van der Waals surface area contributed by atoms with Gasteiger partial charge in [-0.3, -0.25) is 4.79 Å². The minimum atomic E-state index is -0.770. The van der Waals surface area contributed by atoms with Gasteiger partial charge in [0.2, 0.25) is 5.95 Å². The van der Waals surface area contributed by atoms with E-state index < -0.39 is 5.97 Å². The molecule has 0 saturated heterocycles. The average molecular weight is 425 g/mol. The van der Waals surface area contributed by atoms with Gasteiger partial charge in [-0.1, -0.05) is 39.2 Å². The number of hydrogen-bond donors (Lipinski definition) is 3. The fraction of sp³-hybridized carbons (Fsp3) is 0.560. The summed E-state index contributed by atoms with van der Waals surface area (Å²) in [5.41, 5.74) is 4.02. The van der Waals surface area contributed by atoms with Crippen LogP contribution in [0.4, 0.5) is 17.3 Å². The lowest BCUT2D eigenvalue weighted by Gasteiger charge is -2.30. The quantitative estimate of drug-likeness (QED) is 0.425. The van der Waals surface area contributed by atoms with Gasteiger partial charge in [-0.2, -0.15) is 0 Å². The predicted molar refractivity (Wildman–Crippen MR) is 126 cm³/mol. The summed E-state index contributed by atoms with van der Waals surface area (Å²) in [6.45, 7) is 6.38. The first-order valence-corrected chi connectivity index (χ1v) is 11.7. The number of nitrogens with zero attached hydrogens (tertiary/aromatic N) is 2. The Bertz CT molecular complexity index is 847. The Morgan fingerprint density at radius 2 is 1.84 bits per heavy atom. The van der Waals surface area contributed by atoms with E-state index in [2.05, 4.69) is 52.6 Å². The number of aromatic nitrogens is 2. The zero-order valence-corrected chi connectivity index (χ0v) is 19.0. The fourth-order valence-electron chi connectivity index (χ4n) is 4.47. The van der Waals surface area contributed by atoms with Gasteiger partial charge in [-0.15, -0.1) is 0 Å². The number of nitrogens with one attached hydrogen (secondary N) is 2. The normalized spacial score (nSPS) is 16.5. The monoisotopic (exact) mass is 424 g/mol. The molecule has 6 heteroatoms. The molecule has 1 aliphatic carbocycles. The summed E-state index contributed by atoms with van der Waals surface area (Å²) in [5.74, 6) is 0.435. The van der Waals surface area contributed by atoms with Crippen molar-refractivity contribution in [3.8, 4) is 0 Å². The molecule has 0 bridgehead atoms. The first-order valence-electron chi connectivity index (χ1n) is 11.7. The van der Waals surface area contributed by atoms with Crippen molar-refractivity contribution < 1.29 is 9.90 Å². The smallest absolute Gasteiger partial charge is 0.303 e. The SMILES string of the molecule is CCc1cnc(Nc2cc(C(CC)CC(=O)O)ccc2N[C@@H](C)C2CCCCC2)nc1. The van der Waals surface area contributed by atoms with Gasteiger partial charge < -0.3 is 15.7 Å². The van der Waals surface area contributed by atoms with Crippen LogP contribution in [0.1, 0.15) is 82.8 Å². The highest BCUT2D eigenvalue weighted by atomic mass is 16.4. The number of benzene rings is 1. The van der Waals surface area contributed by atoms with Crippen LogP contribution in [0, 0.1) is 5.92 Å². The van der Waals surface area contributed by atoms with E-state index in [0.29, 0.717) is 17.9 Å². The standard InChI is InChI=1S/C25H36N4O2/c1-4-18-15-26-25(27-16-18)29-23-13-21(19(5-2)14-24(30)31)11-12-22(23)28-17(3)20-9-7-6-8-10-20/h11-13,15-17,19-20,28H,4-10,14H2,1-3H3,(H,30,31)(H,26,27,29)/t17-,19?/m0/s1. The maximum atomic E-state index is 11.3. The van der Waals surface area contributed by atoms with Crippen LogP contribution in [0.3, 0.4) is 0 Å². The average Bonchev–Trinajstić information content (AvgIpc) is 2.79. The second kappa shape index (κ2) is 11.1. The molecule has 1 aromatic carbocycles. The molecule has 2 atom stereocenters. The van der Waals surface area contributed by atoms with Crippen LogP contribution in [-0.4, -0.2) is 27.1 Å². The third kappa shape index (κ3) is 6.42. The molecule has 1 aromatic heterocycles. The molecule has 0 amide bonds. The van der Waals surface area contributed by atoms with Crippen LogP contribution in [0.5, 0.6) is 0 Å². The lowest BCUT2D eigenvalue weighted by Crippen LogP contribution is -2.28. The Morgan fingerprint density at radius 1 is 1.13 bits per heavy atom. The number of hydrogen-bond acceptors (Lipinski definition) is 5. The highest BCUT2D eigenvalue weighted by Crippen LogP contribution is 2.34. The van der Waals surface area contributed by atoms with Crippen molar-refractivity contribution in [2.45, 2.75) is 84.1 Å². The molecule has 3 rings (SSSR count). The maximum Gasteiger partial charge on any atom is 0.303 e. The molecule has 1 heterocycles. The molecule has 0 spiro atoms. The van der Waals surface area contributed by atoms with Gasteiger partial charge in [-0.25, -0.2) is 9.97 Å². The molecule has 1 unspecified atom stereocenters. The summed E-state index contributed by atoms with van der Waals surface area (Å²) >= 11 is 0. The Morgan fingerprint density at radius 3 is 2.45 bits per heavy atom. The van der Waals surface area contributed by atoms with Crippen LogP contribution in [-0.2, 0) is 11.2 Å². The van der Waals surface area contributed by atoms with Crippen molar-refractivity contribution >= 4 is 23.3 Å². The Balaban J connectivity index is 1.87. The summed E-state index contributed by atoms with van der Waals surface area (Å²) in [5, 5.41) is 16.4. The molecule has 31 heavy (non-hydrogen) atoms. The van der Waals surface area contributed by atoms with Crippen molar-refractivity contribution in [3.63, 3.8) is 0 Å². The third-order valence-corrected chi connectivity index (χ3v) is 6.53. The molecule has 2 aromatic rings. The van der Waals surface area contributed by atoms with E-state index in [-0.39, 0.29) is 12.3 Å². The summed E-state index contributed by atoms with van der Waals surface area (Å²) in [4.78, 5) is 20.2. The van der Waals surface area contributed by atoms with E-state index in [0.717, 1.165) is 35.3 Å². The number of rotatable bonds is 10. The van der Waals surface area contributed by atoms with Gasteiger partial charge in [0.05, 0.1) is 17.8 Å². The van der Waals surface area contributed by atoms with Crippen molar-refractivity contribution in [2.75, 3.05) is 10.6 Å². The zero-order chi connectivity index (χ0) is 22.2. The summed E-state index contributed by atoms with van der Waals surface area (Å²) in [6, 6.07) is 6.56. The van der Waals surface area contributed by atoms with Crippen LogP contribution < -0.4 is 10.6 Å². The van der Waals surface area contributed by atoms with E-state index in [1.165, 1.54) is 32.1 Å². The topological polar surface area (TPSA) is 87.1 Å². The highest BCUT2D eigenvalue weighted by molar-refractivity contribution is 5.74.